The Kier molecular flexibility index (Phi) is 5.43. The van der Waals surface area contributed by atoms with Gasteiger partial charge in [-0.25, -0.2) is 8.42 Å². The molecule has 2 aromatic rings. The molecule has 0 spiro atoms. The van der Waals surface area contributed by atoms with Crippen LogP contribution in [0.3, 0.4) is 0 Å². The molecule has 3 rings (SSSR count). The van der Waals surface area contributed by atoms with Crippen molar-refractivity contribution in [2.24, 2.45) is 0 Å². The van der Waals surface area contributed by atoms with Crippen molar-refractivity contribution in [3.05, 3.63) is 52.0 Å². The van der Waals surface area contributed by atoms with Gasteiger partial charge in [-0.05, 0) is 42.8 Å². The number of morpholine rings is 1. The van der Waals surface area contributed by atoms with Crippen LogP contribution in [0.4, 0.5) is 11.4 Å². The highest BCUT2D eigenvalue weighted by Gasteiger charge is 2.21. The molecule has 1 aliphatic heterocycles. The van der Waals surface area contributed by atoms with E-state index in [2.05, 4.69) is 9.62 Å². The number of halogens is 2. The van der Waals surface area contributed by atoms with Gasteiger partial charge in [0.2, 0.25) is 0 Å². The first-order valence-corrected chi connectivity index (χ1v) is 10.0. The van der Waals surface area contributed by atoms with Gasteiger partial charge in [0.05, 0.1) is 29.5 Å². The summed E-state index contributed by atoms with van der Waals surface area (Å²) in [6.07, 6.45) is 0. The molecule has 8 heteroatoms. The third-order valence-corrected chi connectivity index (χ3v) is 6.01. The maximum absolute atomic E-state index is 12.8. The fourth-order valence-electron chi connectivity index (χ4n) is 2.61. The third kappa shape index (κ3) is 4.20. The van der Waals surface area contributed by atoms with E-state index >= 15 is 0 Å². The molecule has 0 bridgehead atoms. The normalized spacial score (nSPS) is 15.2. The number of nitrogens with zero attached hydrogens (tertiary/aromatic N) is 1. The molecule has 0 aliphatic carbocycles. The lowest BCUT2D eigenvalue weighted by molar-refractivity contribution is 0.123. The van der Waals surface area contributed by atoms with Crippen LogP contribution in [-0.4, -0.2) is 34.7 Å². The van der Waals surface area contributed by atoms with Gasteiger partial charge in [0, 0.05) is 23.1 Å². The monoisotopic (exact) mass is 400 g/mol. The molecular weight excluding hydrogens is 383 g/mol. The summed E-state index contributed by atoms with van der Waals surface area (Å²) >= 11 is 12.1. The zero-order chi connectivity index (χ0) is 18.0. The average molecular weight is 401 g/mol. The molecule has 1 saturated heterocycles. The van der Waals surface area contributed by atoms with Crippen molar-refractivity contribution in [2.75, 3.05) is 35.9 Å². The summed E-state index contributed by atoms with van der Waals surface area (Å²) in [6.45, 7) is 4.39. The van der Waals surface area contributed by atoms with E-state index in [1.54, 1.807) is 18.2 Å². The van der Waals surface area contributed by atoms with E-state index in [-0.39, 0.29) is 4.90 Å². The second-order valence-electron chi connectivity index (χ2n) is 5.78. The average Bonchev–Trinajstić information content (AvgIpc) is 2.58. The Morgan fingerprint density at radius 3 is 2.48 bits per heavy atom. The molecule has 1 heterocycles. The minimum Gasteiger partial charge on any atom is -0.378 e. The molecule has 1 aliphatic rings. The summed E-state index contributed by atoms with van der Waals surface area (Å²) in [5, 5.41) is 0.860. The van der Waals surface area contributed by atoms with E-state index in [0.717, 1.165) is 11.3 Å². The molecule has 25 heavy (non-hydrogen) atoms. The summed E-state index contributed by atoms with van der Waals surface area (Å²) < 4.78 is 33.5. The van der Waals surface area contributed by atoms with Gasteiger partial charge in [-0.1, -0.05) is 29.3 Å². The number of hydrogen-bond acceptors (Lipinski definition) is 4. The van der Waals surface area contributed by atoms with Gasteiger partial charge in [-0.3, -0.25) is 4.72 Å². The van der Waals surface area contributed by atoms with Gasteiger partial charge in [-0.2, -0.15) is 0 Å². The molecule has 5 nitrogen and oxygen atoms in total. The number of nitrogens with one attached hydrogen (secondary N) is 1. The number of aryl methyl sites for hydroxylation is 1. The Morgan fingerprint density at radius 1 is 1.08 bits per heavy atom. The number of benzene rings is 2. The van der Waals surface area contributed by atoms with Crippen LogP contribution in [0.5, 0.6) is 0 Å². The number of hydrogen-bond donors (Lipinski definition) is 1. The Labute approximate surface area is 157 Å². The zero-order valence-corrected chi connectivity index (χ0v) is 16.0. The Hall–Kier alpha value is -1.47. The first kappa shape index (κ1) is 18.3. The molecule has 0 radical (unpaired) electrons. The second kappa shape index (κ2) is 7.41. The topological polar surface area (TPSA) is 58.6 Å². The van der Waals surface area contributed by atoms with E-state index in [4.69, 9.17) is 27.9 Å². The predicted molar refractivity (Wildman–Crippen MR) is 101 cm³/mol. The summed E-state index contributed by atoms with van der Waals surface area (Å²) in [6, 6.07) is 9.82. The summed E-state index contributed by atoms with van der Waals surface area (Å²) in [7, 11) is -3.78. The molecule has 134 valence electrons. The van der Waals surface area contributed by atoms with E-state index in [1.807, 2.05) is 13.0 Å². The van der Waals surface area contributed by atoms with Gasteiger partial charge in [-0.15, -0.1) is 0 Å². The quantitative estimate of drug-likeness (QED) is 0.843. The van der Waals surface area contributed by atoms with Gasteiger partial charge in [0.25, 0.3) is 10.0 Å². The van der Waals surface area contributed by atoms with Gasteiger partial charge in [0.15, 0.2) is 0 Å². The minimum absolute atomic E-state index is 0.107. The highest BCUT2D eigenvalue weighted by Crippen LogP contribution is 2.32. The van der Waals surface area contributed by atoms with Crippen molar-refractivity contribution >= 4 is 44.6 Å². The van der Waals surface area contributed by atoms with Crippen LogP contribution in [0.15, 0.2) is 41.3 Å². The van der Waals surface area contributed by atoms with Crippen molar-refractivity contribution in [3.63, 3.8) is 0 Å². The molecule has 0 atom stereocenters. The van der Waals surface area contributed by atoms with Crippen LogP contribution < -0.4 is 9.62 Å². The lowest BCUT2D eigenvalue weighted by Crippen LogP contribution is -2.36. The Balaban J connectivity index is 1.95. The molecule has 2 aromatic carbocycles. The SMILES string of the molecule is Cc1ccc(S(=O)(=O)Nc2cc(Cl)ccc2N2CCOCC2)cc1Cl. The third-order valence-electron chi connectivity index (χ3n) is 4.01. The predicted octanol–water partition coefficient (Wildman–Crippen LogP) is 3.94. The highest BCUT2D eigenvalue weighted by atomic mass is 35.5. The van der Waals surface area contributed by atoms with E-state index in [9.17, 15) is 8.42 Å². The molecule has 0 aromatic heterocycles. The highest BCUT2D eigenvalue weighted by molar-refractivity contribution is 7.92. The largest absolute Gasteiger partial charge is 0.378 e. The van der Waals surface area contributed by atoms with Crippen molar-refractivity contribution < 1.29 is 13.2 Å². The van der Waals surface area contributed by atoms with Crippen molar-refractivity contribution in [1.29, 1.82) is 0 Å². The zero-order valence-electron chi connectivity index (χ0n) is 13.6. The maximum atomic E-state index is 12.8. The van der Waals surface area contributed by atoms with Crippen LogP contribution in [-0.2, 0) is 14.8 Å². The van der Waals surface area contributed by atoms with Crippen LogP contribution in [0.25, 0.3) is 0 Å². The van der Waals surface area contributed by atoms with Crippen molar-refractivity contribution in [3.8, 4) is 0 Å². The number of rotatable bonds is 4. The first-order chi connectivity index (χ1) is 11.9. The minimum atomic E-state index is -3.78. The van der Waals surface area contributed by atoms with Crippen LogP contribution >= 0.6 is 23.2 Å². The van der Waals surface area contributed by atoms with Gasteiger partial charge < -0.3 is 9.64 Å². The molecular formula is C17H18Cl2N2O3S. The lowest BCUT2D eigenvalue weighted by atomic mass is 10.2. The van der Waals surface area contributed by atoms with Crippen molar-refractivity contribution in [1.82, 2.24) is 0 Å². The molecule has 1 fully saturated rings. The fourth-order valence-corrected chi connectivity index (χ4v) is 4.12. The van der Waals surface area contributed by atoms with E-state index in [0.29, 0.717) is 42.0 Å². The number of ether oxygens (including phenoxy) is 1. The van der Waals surface area contributed by atoms with Crippen LogP contribution in [0, 0.1) is 6.92 Å². The fraction of sp³-hybridized carbons (Fsp3) is 0.294. The second-order valence-corrected chi connectivity index (χ2v) is 8.30. The summed E-state index contributed by atoms with van der Waals surface area (Å²) in [4.78, 5) is 2.18. The number of sulfonamides is 1. The molecule has 0 unspecified atom stereocenters. The van der Waals surface area contributed by atoms with Gasteiger partial charge in [0.1, 0.15) is 0 Å². The van der Waals surface area contributed by atoms with E-state index < -0.39 is 10.0 Å². The number of anilines is 2. The van der Waals surface area contributed by atoms with Crippen LogP contribution in [0.2, 0.25) is 10.0 Å². The first-order valence-electron chi connectivity index (χ1n) is 7.78. The Bertz CT molecular complexity index is 881. The van der Waals surface area contributed by atoms with Crippen LogP contribution in [0.1, 0.15) is 5.56 Å². The summed E-state index contributed by atoms with van der Waals surface area (Å²) in [5.41, 5.74) is 2.03. The Morgan fingerprint density at radius 2 is 1.80 bits per heavy atom. The van der Waals surface area contributed by atoms with Gasteiger partial charge >= 0.3 is 0 Å². The molecule has 0 saturated carbocycles. The standard InChI is InChI=1S/C17H18Cl2N2O3S/c1-12-2-4-14(11-15(12)19)25(22,23)20-16-10-13(18)3-5-17(16)21-6-8-24-9-7-21/h2-5,10-11,20H,6-9H2,1H3. The lowest BCUT2D eigenvalue weighted by Gasteiger charge is -2.30. The van der Waals surface area contributed by atoms with Crippen molar-refractivity contribution in [2.45, 2.75) is 11.8 Å². The van der Waals surface area contributed by atoms with E-state index in [1.165, 1.54) is 12.1 Å². The summed E-state index contributed by atoms with van der Waals surface area (Å²) in [5.74, 6) is 0. The molecule has 0 amide bonds. The smallest absolute Gasteiger partial charge is 0.262 e. The molecule has 1 N–H and O–H groups in total. The maximum Gasteiger partial charge on any atom is 0.262 e.